The van der Waals surface area contributed by atoms with Gasteiger partial charge in [0.05, 0.1) is 11.6 Å². The van der Waals surface area contributed by atoms with Crippen molar-refractivity contribution in [2.75, 3.05) is 0 Å². The van der Waals surface area contributed by atoms with E-state index in [0.717, 1.165) is 29.2 Å². The van der Waals surface area contributed by atoms with Crippen LogP contribution in [0.3, 0.4) is 0 Å². The molecule has 2 aromatic rings. The van der Waals surface area contributed by atoms with E-state index in [1.165, 1.54) is 17.6 Å². The molecule has 0 saturated carbocycles. The molecule has 2 rings (SSSR count). The molecule has 0 bridgehead atoms. The molecule has 1 aromatic heterocycles. The Labute approximate surface area is 141 Å². The Bertz CT molecular complexity index is 768. The van der Waals surface area contributed by atoms with Gasteiger partial charge in [-0.3, -0.25) is 9.59 Å². The summed E-state index contributed by atoms with van der Waals surface area (Å²) < 4.78 is 28.8. The van der Waals surface area contributed by atoms with Crippen molar-refractivity contribution < 1.29 is 18.7 Å². The van der Waals surface area contributed by atoms with Gasteiger partial charge in [0.2, 0.25) is 5.91 Å². The van der Waals surface area contributed by atoms with E-state index in [1.54, 1.807) is 12.3 Å². The standard InChI is InChI=1S/C16H18F2N2O3S/c1-9-8-24-16(23)20(9)7-6-13(21)19-10(2)15(22)14-11(17)4-3-5-12(14)18/h3-5,8,10,15,22H,6-7H2,1-2H3,(H,19,21). The molecule has 24 heavy (non-hydrogen) atoms. The molecule has 0 aliphatic rings. The summed E-state index contributed by atoms with van der Waals surface area (Å²) >= 11 is 1.05. The Kier molecular flexibility index (Phi) is 5.84. The topological polar surface area (TPSA) is 71.3 Å². The number of carbonyl (C=O) groups is 1. The lowest BCUT2D eigenvalue weighted by Gasteiger charge is -2.21. The van der Waals surface area contributed by atoms with Crippen molar-refractivity contribution in [2.45, 2.75) is 39.0 Å². The van der Waals surface area contributed by atoms with E-state index in [4.69, 9.17) is 0 Å². The molecule has 0 saturated heterocycles. The fourth-order valence-corrected chi connectivity index (χ4v) is 3.10. The number of halogens is 2. The van der Waals surface area contributed by atoms with Gasteiger partial charge < -0.3 is 15.0 Å². The molecule has 2 N–H and O–H groups in total. The van der Waals surface area contributed by atoms with E-state index in [0.29, 0.717) is 0 Å². The molecule has 0 aliphatic heterocycles. The maximum atomic E-state index is 13.7. The number of carbonyl (C=O) groups excluding carboxylic acids is 1. The molecule has 130 valence electrons. The Morgan fingerprint density at radius 2 is 2.00 bits per heavy atom. The van der Waals surface area contributed by atoms with E-state index >= 15 is 0 Å². The molecule has 1 heterocycles. The number of aliphatic hydroxyl groups excluding tert-OH is 1. The maximum absolute atomic E-state index is 13.7. The predicted octanol–water partition coefficient (Wildman–Crippen LogP) is 2.12. The predicted molar refractivity (Wildman–Crippen MR) is 86.9 cm³/mol. The molecule has 2 atom stereocenters. The fraction of sp³-hybridized carbons (Fsp3) is 0.375. The molecule has 0 spiro atoms. The van der Waals surface area contributed by atoms with Crippen molar-refractivity contribution in [3.8, 4) is 0 Å². The molecular formula is C16H18F2N2O3S. The van der Waals surface area contributed by atoms with Crippen LogP contribution in [0.25, 0.3) is 0 Å². The van der Waals surface area contributed by atoms with Gasteiger partial charge in [0.15, 0.2) is 0 Å². The summed E-state index contributed by atoms with van der Waals surface area (Å²) in [4.78, 5) is 23.4. The second-order valence-corrected chi connectivity index (χ2v) is 6.30. The van der Waals surface area contributed by atoms with Gasteiger partial charge in [0, 0.05) is 24.0 Å². The van der Waals surface area contributed by atoms with E-state index in [2.05, 4.69) is 5.32 Å². The first-order chi connectivity index (χ1) is 11.3. The number of nitrogens with one attached hydrogen (secondary N) is 1. The van der Waals surface area contributed by atoms with Crippen molar-refractivity contribution in [3.05, 3.63) is 56.1 Å². The lowest BCUT2D eigenvalue weighted by atomic mass is 10.0. The molecule has 0 aliphatic carbocycles. The monoisotopic (exact) mass is 356 g/mol. The molecule has 1 amide bonds. The van der Waals surface area contributed by atoms with Crippen LogP contribution in [0.4, 0.5) is 8.78 Å². The van der Waals surface area contributed by atoms with Crippen LogP contribution in [-0.4, -0.2) is 21.6 Å². The van der Waals surface area contributed by atoms with E-state index < -0.39 is 35.3 Å². The normalized spacial score (nSPS) is 13.5. The quantitative estimate of drug-likeness (QED) is 0.833. The Morgan fingerprint density at radius 1 is 1.38 bits per heavy atom. The third-order valence-electron chi connectivity index (χ3n) is 3.70. The molecule has 5 nitrogen and oxygen atoms in total. The SMILES string of the molecule is Cc1csc(=O)n1CCC(=O)NC(C)C(O)c1c(F)cccc1F. The summed E-state index contributed by atoms with van der Waals surface area (Å²) in [5.74, 6) is -2.16. The van der Waals surface area contributed by atoms with E-state index in [-0.39, 0.29) is 17.8 Å². The summed E-state index contributed by atoms with van der Waals surface area (Å²) in [6.07, 6.45) is -1.49. The van der Waals surface area contributed by atoms with Crippen LogP contribution in [0.15, 0.2) is 28.4 Å². The number of benzene rings is 1. The zero-order valence-electron chi connectivity index (χ0n) is 13.3. The van der Waals surface area contributed by atoms with Gasteiger partial charge in [-0.25, -0.2) is 8.78 Å². The number of hydrogen-bond donors (Lipinski definition) is 2. The van der Waals surface area contributed by atoms with Gasteiger partial charge in [-0.1, -0.05) is 17.4 Å². The van der Waals surface area contributed by atoms with Gasteiger partial charge in [-0.2, -0.15) is 0 Å². The van der Waals surface area contributed by atoms with Crippen LogP contribution in [0.2, 0.25) is 0 Å². The lowest BCUT2D eigenvalue weighted by molar-refractivity contribution is -0.122. The Balaban J connectivity index is 1.97. The summed E-state index contributed by atoms with van der Waals surface area (Å²) in [7, 11) is 0. The average Bonchev–Trinajstić information content (AvgIpc) is 2.83. The maximum Gasteiger partial charge on any atom is 0.307 e. The first kappa shape index (κ1) is 18.3. The molecule has 8 heteroatoms. The summed E-state index contributed by atoms with van der Waals surface area (Å²) in [6, 6.07) is 2.40. The first-order valence-electron chi connectivity index (χ1n) is 7.37. The van der Waals surface area contributed by atoms with Gasteiger partial charge in [0.25, 0.3) is 0 Å². The zero-order chi connectivity index (χ0) is 17.9. The highest BCUT2D eigenvalue weighted by Crippen LogP contribution is 2.23. The highest BCUT2D eigenvalue weighted by Gasteiger charge is 2.24. The molecule has 2 unspecified atom stereocenters. The van der Waals surface area contributed by atoms with Gasteiger partial charge in [-0.05, 0) is 26.0 Å². The second-order valence-electron chi connectivity index (χ2n) is 5.48. The third kappa shape index (κ3) is 4.07. The van der Waals surface area contributed by atoms with Crippen molar-refractivity contribution in [3.63, 3.8) is 0 Å². The number of hydrogen-bond acceptors (Lipinski definition) is 4. The second kappa shape index (κ2) is 7.67. The minimum Gasteiger partial charge on any atom is -0.386 e. The van der Waals surface area contributed by atoms with E-state index in [9.17, 15) is 23.5 Å². The molecule has 1 aromatic carbocycles. The third-order valence-corrected chi connectivity index (χ3v) is 4.58. The number of rotatable bonds is 6. The largest absolute Gasteiger partial charge is 0.386 e. The molecular weight excluding hydrogens is 338 g/mol. The number of nitrogens with zero attached hydrogens (tertiary/aromatic N) is 1. The molecule has 0 radical (unpaired) electrons. The van der Waals surface area contributed by atoms with Gasteiger partial charge in [-0.15, -0.1) is 0 Å². The summed E-state index contributed by atoms with van der Waals surface area (Å²) in [5, 5.41) is 14.3. The Hall–Kier alpha value is -2.06. The van der Waals surface area contributed by atoms with Crippen molar-refractivity contribution in [2.24, 2.45) is 0 Å². The van der Waals surface area contributed by atoms with Crippen molar-refractivity contribution in [1.82, 2.24) is 9.88 Å². The number of aryl methyl sites for hydroxylation is 1. The van der Waals surface area contributed by atoms with Gasteiger partial charge >= 0.3 is 4.87 Å². The summed E-state index contributed by atoms with van der Waals surface area (Å²) in [6.45, 7) is 3.43. The number of aliphatic hydroxyl groups is 1. The lowest BCUT2D eigenvalue weighted by Crippen LogP contribution is -2.38. The fourth-order valence-electron chi connectivity index (χ4n) is 2.34. The summed E-state index contributed by atoms with van der Waals surface area (Å²) in [5.41, 5.74) is 0.287. The van der Waals surface area contributed by atoms with Crippen LogP contribution >= 0.6 is 11.3 Å². The van der Waals surface area contributed by atoms with Crippen LogP contribution in [0.5, 0.6) is 0 Å². The van der Waals surface area contributed by atoms with Crippen molar-refractivity contribution in [1.29, 1.82) is 0 Å². The first-order valence-corrected chi connectivity index (χ1v) is 8.25. The van der Waals surface area contributed by atoms with Crippen molar-refractivity contribution >= 4 is 17.2 Å². The van der Waals surface area contributed by atoms with Gasteiger partial charge in [0.1, 0.15) is 17.7 Å². The zero-order valence-corrected chi connectivity index (χ0v) is 14.1. The molecule has 0 fully saturated rings. The van der Waals surface area contributed by atoms with E-state index in [1.807, 2.05) is 0 Å². The average molecular weight is 356 g/mol. The van der Waals surface area contributed by atoms with Crippen LogP contribution in [-0.2, 0) is 11.3 Å². The highest BCUT2D eigenvalue weighted by atomic mass is 32.1. The number of aromatic nitrogens is 1. The smallest absolute Gasteiger partial charge is 0.307 e. The minimum absolute atomic E-state index is 0.0221. The highest BCUT2D eigenvalue weighted by molar-refractivity contribution is 7.07. The van der Waals surface area contributed by atoms with Crippen LogP contribution < -0.4 is 10.2 Å². The van der Waals surface area contributed by atoms with Crippen LogP contribution in [0, 0.1) is 18.6 Å². The number of amides is 1. The van der Waals surface area contributed by atoms with Crippen LogP contribution in [0.1, 0.15) is 30.7 Å². The number of thiazole rings is 1. The minimum atomic E-state index is -1.51. The Morgan fingerprint density at radius 3 is 2.54 bits per heavy atom.